The standard InChI is InChI=1S/C24H19NO4/c1-28-22-11-9-19(10-12-22)21(15-25)13-18-3-2-4-23(14-18)29-16-17-5-7-20(8-6-17)24(26)27/h2-14H,16H2,1H3,(H,26,27)/b21-13+. The van der Waals surface area contributed by atoms with Crippen LogP contribution in [-0.4, -0.2) is 18.2 Å². The van der Waals surface area contributed by atoms with Crippen molar-refractivity contribution >= 4 is 17.6 Å². The number of methoxy groups -OCH3 is 1. The number of carbonyl (C=O) groups is 1. The molecule has 0 saturated carbocycles. The fourth-order valence-electron chi connectivity index (χ4n) is 2.72. The van der Waals surface area contributed by atoms with E-state index in [4.69, 9.17) is 14.6 Å². The van der Waals surface area contributed by atoms with Crippen LogP contribution in [0, 0.1) is 11.3 Å². The molecule has 0 saturated heterocycles. The average Bonchev–Trinajstić information content (AvgIpc) is 2.76. The Morgan fingerprint density at radius 2 is 1.69 bits per heavy atom. The summed E-state index contributed by atoms with van der Waals surface area (Å²) in [5.41, 5.74) is 3.29. The van der Waals surface area contributed by atoms with E-state index in [-0.39, 0.29) is 5.56 Å². The average molecular weight is 385 g/mol. The van der Waals surface area contributed by atoms with E-state index in [0.717, 1.165) is 22.4 Å². The first-order chi connectivity index (χ1) is 14.1. The lowest BCUT2D eigenvalue weighted by Gasteiger charge is -2.08. The molecule has 0 aliphatic rings. The summed E-state index contributed by atoms with van der Waals surface area (Å²) in [5, 5.41) is 18.5. The van der Waals surface area contributed by atoms with Crippen molar-refractivity contribution in [3.63, 3.8) is 0 Å². The Morgan fingerprint density at radius 3 is 2.31 bits per heavy atom. The fraction of sp³-hybridized carbons (Fsp3) is 0.0833. The van der Waals surface area contributed by atoms with Crippen LogP contribution in [0.15, 0.2) is 72.8 Å². The minimum absolute atomic E-state index is 0.239. The number of aromatic carboxylic acids is 1. The zero-order chi connectivity index (χ0) is 20.6. The maximum absolute atomic E-state index is 10.9. The van der Waals surface area contributed by atoms with E-state index in [1.54, 1.807) is 37.5 Å². The van der Waals surface area contributed by atoms with Crippen LogP contribution < -0.4 is 9.47 Å². The van der Waals surface area contributed by atoms with Gasteiger partial charge in [-0.3, -0.25) is 0 Å². The van der Waals surface area contributed by atoms with Crippen LogP contribution in [0.2, 0.25) is 0 Å². The number of hydrogen-bond acceptors (Lipinski definition) is 4. The Balaban J connectivity index is 1.73. The van der Waals surface area contributed by atoms with Crippen molar-refractivity contribution < 1.29 is 19.4 Å². The van der Waals surface area contributed by atoms with Gasteiger partial charge < -0.3 is 14.6 Å². The third-order valence-electron chi connectivity index (χ3n) is 4.30. The second-order valence-corrected chi connectivity index (χ2v) is 6.26. The molecule has 0 aromatic heterocycles. The minimum Gasteiger partial charge on any atom is -0.497 e. The van der Waals surface area contributed by atoms with E-state index in [1.807, 2.05) is 48.5 Å². The quantitative estimate of drug-likeness (QED) is 0.455. The number of ether oxygens (including phenoxy) is 2. The van der Waals surface area contributed by atoms with Crippen LogP contribution in [-0.2, 0) is 6.61 Å². The van der Waals surface area contributed by atoms with Gasteiger partial charge in [-0.25, -0.2) is 4.79 Å². The molecule has 0 amide bonds. The van der Waals surface area contributed by atoms with Gasteiger partial charge in [0.25, 0.3) is 0 Å². The summed E-state index contributed by atoms with van der Waals surface area (Å²) in [7, 11) is 1.60. The Bertz CT molecular complexity index is 1060. The molecular weight excluding hydrogens is 366 g/mol. The van der Waals surface area contributed by atoms with Gasteiger partial charge in [-0.15, -0.1) is 0 Å². The van der Waals surface area contributed by atoms with E-state index >= 15 is 0 Å². The van der Waals surface area contributed by atoms with Gasteiger partial charge in [-0.05, 0) is 71.3 Å². The number of nitrogens with zero attached hydrogens (tertiary/aromatic N) is 1. The molecule has 5 nitrogen and oxygen atoms in total. The maximum atomic E-state index is 10.9. The zero-order valence-corrected chi connectivity index (χ0v) is 15.8. The molecule has 29 heavy (non-hydrogen) atoms. The highest BCUT2D eigenvalue weighted by atomic mass is 16.5. The van der Waals surface area contributed by atoms with Gasteiger partial charge in [0.2, 0.25) is 0 Å². The first-order valence-corrected chi connectivity index (χ1v) is 8.90. The molecular formula is C24H19NO4. The van der Waals surface area contributed by atoms with Crippen molar-refractivity contribution in [2.24, 2.45) is 0 Å². The SMILES string of the molecule is COc1ccc(/C(C#N)=C/c2cccc(OCc3ccc(C(=O)O)cc3)c2)cc1. The summed E-state index contributed by atoms with van der Waals surface area (Å²) >= 11 is 0. The van der Waals surface area contributed by atoms with Gasteiger partial charge in [0.05, 0.1) is 24.3 Å². The summed E-state index contributed by atoms with van der Waals surface area (Å²) in [6.45, 7) is 0.316. The molecule has 144 valence electrons. The Hall–Kier alpha value is -4.04. The van der Waals surface area contributed by atoms with Gasteiger partial charge in [-0.2, -0.15) is 5.26 Å². The second-order valence-electron chi connectivity index (χ2n) is 6.26. The third kappa shape index (κ3) is 5.24. The molecule has 0 unspecified atom stereocenters. The van der Waals surface area contributed by atoms with Crippen LogP contribution in [0.5, 0.6) is 11.5 Å². The van der Waals surface area contributed by atoms with E-state index in [1.165, 1.54) is 0 Å². The lowest BCUT2D eigenvalue weighted by atomic mass is 10.0. The van der Waals surface area contributed by atoms with Crippen LogP contribution in [0.25, 0.3) is 11.6 Å². The molecule has 1 N–H and O–H groups in total. The Kier molecular flexibility index (Phi) is 6.29. The molecule has 0 radical (unpaired) electrons. The molecule has 0 atom stereocenters. The third-order valence-corrected chi connectivity index (χ3v) is 4.30. The van der Waals surface area contributed by atoms with E-state index in [0.29, 0.717) is 17.9 Å². The molecule has 3 rings (SSSR count). The van der Waals surface area contributed by atoms with Gasteiger partial charge >= 0.3 is 5.97 Å². The van der Waals surface area contributed by atoms with E-state index in [2.05, 4.69) is 6.07 Å². The van der Waals surface area contributed by atoms with Crippen LogP contribution in [0.3, 0.4) is 0 Å². The molecule has 3 aromatic rings. The second kappa shape index (κ2) is 9.25. The number of hydrogen-bond donors (Lipinski definition) is 1. The summed E-state index contributed by atoms with van der Waals surface area (Å²) in [5.74, 6) is 0.438. The molecule has 0 aliphatic carbocycles. The van der Waals surface area contributed by atoms with E-state index in [9.17, 15) is 10.1 Å². The van der Waals surface area contributed by atoms with Gasteiger partial charge in [0.15, 0.2) is 0 Å². The fourth-order valence-corrected chi connectivity index (χ4v) is 2.72. The minimum atomic E-state index is -0.956. The largest absolute Gasteiger partial charge is 0.497 e. The Labute approximate surface area is 169 Å². The lowest BCUT2D eigenvalue weighted by molar-refractivity contribution is 0.0697. The lowest BCUT2D eigenvalue weighted by Crippen LogP contribution is -1.99. The number of carboxylic acid groups (broad SMARTS) is 1. The van der Waals surface area contributed by atoms with Gasteiger partial charge in [0, 0.05) is 0 Å². The van der Waals surface area contributed by atoms with Crippen molar-refractivity contribution in [3.8, 4) is 17.6 Å². The summed E-state index contributed by atoms with van der Waals surface area (Å²) in [4.78, 5) is 10.9. The number of nitriles is 1. The molecule has 0 fully saturated rings. The highest BCUT2D eigenvalue weighted by Crippen LogP contribution is 2.23. The maximum Gasteiger partial charge on any atom is 0.335 e. The van der Waals surface area contributed by atoms with Crippen molar-refractivity contribution in [3.05, 3.63) is 95.1 Å². The van der Waals surface area contributed by atoms with Crippen LogP contribution in [0.1, 0.15) is 27.0 Å². The smallest absolute Gasteiger partial charge is 0.335 e. The first-order valence-electron chi connectivity index (χ1n) is 8.90. The number of rotatable bonds is 7. The van der Waals surface area contributed by atoms with E-state index < -0.39 is 5.97 Å². The molecule has 5 heteroatoms. The Morgan fingerprint density at radius 1 is 1.00 bits per heavy atom. The highest BCUT2D eigenvalue weighted by molar-refractivity contribution is 5.90. The topological polar surface area (TPSA) is 79.5 Å². The monoisotopic (exact) mass is 385 g/mol. The molecule has 3 aromatic carbocycles. The van der Waals surface area contributed by atoms with Gasteiger partial charge in [-0.1, -0.05) is 24.3 Å². The summed E-state index contributed by atoms with van der Waals surface area (Å²) in [6, 6.07) is 23.5. The predicted molar refractivity (Wildman–Crippen MR) is 111 cm³/mol. The van der Waals surface area contributed by atoms with Crippen molar-refractivity contribution in [1.82, 2.24) is 0 Å². The van der Waals surface area contributed by atoms with Crippen molar-refractivity contribution in [1.29, 1.82) is 5.26 Å². The van der Waals surface area contributed by atoms with Crippen LogP contribution >= 0.6 is 0 Å². The zero-order valence-electron chi connectivity index (χ0n) is 15.8. The molecule has 0 aliphatic heterocycles. The van der Waals surface area contributed by atoms with Crippen molar-refractivity contribution in [2.45, 2.75) is 6.61 Å². The first kappa shape index (κ1) is 19.7. The molecule has 0 heterocycles. The van der Waals surface area contributed by atoms with Crippen LogP contribution in [0.4, 0.5) is 0 Å². The summed E-state index contributed by atoms with van der Waals surface area (Å²) in [6.07, 6.45) is 1.80. The number of benzene rings is 3. The number of allylic oxidation sites excluding steroid dienone is 1. The van der Waals surface area contributed by atoms with Crippen molar-refractivity contribution in [2.75, 3.05) is 7.11 Å². The normalized spacial score (nSPS) is 10.8. The molecule has 0 bridgehead atoms. The predicted octanol–water partition coefficient (Wildman–Crippen LogP) is 5.04. The highest BCUT2D eigenvalue weighted by Gasteiger charge is 2.04. The van der Waals surface area contributed by atoms with Gasteiger partial charge in [0.1, 0.15) is 18.1 Å². The summed E-state index contributed by atoms with van der Waals surface area (Å²) < 4.78 is 11.0. The number of carboxylic acids is 1. The molecule has 0 spiro atoms.